The SMILES string of the molecule is N#Cc1ccc(OC2CCC(NC(=O)c3cnc(N4CC[C@@H](CN5CCN(c6ccc7c(c6)CC(=O)N(C6CCC(=O)NC6=O)C7=O)CC5)C4)nc3)CC2)cc1Cl. The lowest BCUT2D eigenvalue weighted by molar-refractivity contribution is -0.143. The molecule has 2 N–H and O–H groups in total. The summed E-state index contributed by atoms with van der Waals surface area (Å²) in [4.78, 5) is 80.5. The Balaban J connectivity index is 0.767. The molecule has 0 radical (unpaired) electrons. The Labute approximate surface area is 335 Å². The molecule has 4 aliphatic heterocycles. The Hall–Kier alpha value is -5.59. The van der Waals surface area contributed by atoms with Crippen molar-refractivity contribution in [3.05, 3.63) is 76.1 Å². The fourth-order valence-corrected chi connectivity index (χ4v) is 8.84. The number of nitrogens with one attached hydrogen (secondary N) is 2. The smallest absolute Gasteiger partial charge is 0.261 e. The van der Waals surface area contributed by atoms with Gasteiger partial charge in [0.15, 0.2) is 0 Å². The number of benzene rings is 2. The third kappa shape index (κ3) is 8.43. The predicted octanol–water partition coefficient (Wildman–Crippen LogP) is 3.10. The molecule has 1 aliphatic carbocycles. The van der Waals surface area contributed by atoms with Crippen LogP contribution in [0.25, 0.3) is 0 Å². The predicted molar refractivity (Wildman–Crippen MR) is 209 cm³/mol. The van der Waals surface area contributed by atoms with Gasteiger partial charge in [0.05, 0.1) is 28.7 Å². The third-order valence-corrected chi connectivity index (χ3v) is 12.1. The molecule has 15 nitrogen and oxygen atoms in total. The van der Waals surface area contributed by atoms with Gasteiger partial charge in [0.1, 0.15) is 17.9 Å². The molecule has 2 aromatic carbocycles. The van der Waals surface area contributed by atoms with Gasteiger partial charge in [0.2, 0.25) is 23.7 Å². The number of rotatable bonds is 9. The summed E-state index contributed by atoms with van der Waals surface area (Å²) >= 11 is 6.15. The third-order valence-electron chi connectivity index (χ3n) is 11.8. The van der Waals surface area contributed by atoms with Crippen LogP contribution in [-0.2, 0) is 20.8 Å². The second-order valence-electron chi connectivity index (χ2n) is 15.5. The molecule has 5 aliphatic rings. The number of fused-ring (bicyclic) bond motifs is 1. The molecule has 5 heterocycles. The Morgan fingerprint density at radius 1 is 0.930 bits per heavy atom. The first-order chi connectivity index (χ1) is 27.6. The van der Waals surface area contributed by atoms with Crippen molar-refractivity contribution >= 4 is 52.8 Å². The fourth-order valence-electron chi connectivity index (χ4n) is 8.63. The zero-order chi connectivity index (χ0) is 39.6. The van der Waals surface area contributed by atoms with E-state index in [2.05, 4.69) is 41.4 Å². The highest BCUT2D eigenvalue weighted by molar-refractivity contribution is 6.31. The van der Waals surface area contributed by atoms with Crippen LogP contribution >= 0.6 is 11.6 Å². The number of carbonyl (C=O) groups is 5. The molecule has 296 valence electrons. The number of nitrogens with zero attached hydrogens (tertiary/aromatic N) is 7. The van der Waals surface area contributed by atoms with Gasteiger partial charge >= 0.3 is 0 Å². The largest absolute Gasteiger partial charge is 0.490 e. The van der Waals surface area contributed by atoms with Gasteiger partial charge in [0.25, 0.3) is 11.8 Å². The van der Waals surface area contributed by atoms with E-state index >= 15 is 0 Å². The van der Waals surface area contributed by atoms with E-state index in [1.807, 2.05) is 12.1 Å². The average molecular weight is 794 g/mol. The van der Waals surface area contributed by atoms with Gasteiger partial charge in [0, 0.05) is 88.0 Å². The summed E-state index contributed by atoms with van der Waals surface area (Å²) in [6.45, 7) is 6.05. The Bertz CT molecular complexity index is 2110. The zero-order valence-corrected chi connectivity index (χ0v) is 32.2. The summed E-state index contributed by atoms with van der Waals surface area (Å²) in [5, 5.41) is 14.8. The van der Waals surface area contributed by atoms with Crippen LogP contribution in [0.1, 0.15) is 76.8 Å². The highest BCUT2D eigenvalue weighted by Crippen LogP contribution is 2.30. The van der Waals surface area contributed by atoms with Crippen molar-refractivity contribution in [1.29, 1.82) is 5.26 Å². The first-order valence-electron chi connectivity index (χ1n) is 19.7. The van der Waals surface area contributed by atoms with Crippen molar-refractivity contribution in [3.63, 3.8) is 0 Å². The van der Waals surface area contributed by atoms with Crippen LogP contribution in [0.2, 0.25) is 5.02 Å². The minimum absolute atomic E-state index is 0.0198. The van der Waals surface area contributed by atoms with E-state index in [-0.39, 0.29) is 37.3 Å². The summed E-state index contributed by atoms with van der Waals surface area (Å²) in [6, 6.07) is 11.8. The monoisotopic (exact) mass is 793 g/mol. The van der Waals surface area contributed by atoms with Crippen LogP contribution in [0, 0.1) is 17.2 Å². The molecule has 2 atom stereocenters. The van der Waals surface area contributed by atoms with Gasteiger partial charge in [-0.15, -0.1) is 0 Å². The number of anilines is 2. The number of imide groups is 2. The van der Waals surface area contributed by atoms with Gasteiger partial charge in [-0.05, 0) is 80.3 Å². The van der Waals surface area contributed by atoms with Crippen molar-refractivity contribution in [1.82, 2.24) is 30.4 Å². The van der Waals surface area contributed by atoms with E-state index in [1.54, 1.807) is 36.7 Å². The molecule has 3 aromatic rings. The van der Waals surface area contributed by atoms with E-state index in [0.29, 0.717) is 44.9 Å². The maximum absolute atomic E-state index is 13.3. The second-order valence-corrected chi connectivity index (χ2v) is 15.9. The number of halogens is 1. The molecule has 16 heteroatoms. The Morgan fingerprint density at radius 2 is 1.70 bits per heavy atom. The molecular formula is C41H44ClN9O6. The fraction of sp³-hybridized carbons (Fsp3) is 0.463. The van der Waals surface area contributed by atoms with Gasteiger partial charge in [-0.1, -0.05) is 11.6 Å². The summed E-state index contributed by atoms with van der Waals surface area (Å²) < 4.78 is 6.08. The first kappa shape index (κ1) is 38.3. The van der Waals surface area contributed by atoms with Crippen molar-refractivity contribution in [3.8, 4) is 11.8 Å². The summed E-state index contributed by atoms with van der Waals surface area (Å²) in [7, 11) is 0. The average Bonchev–Trinajstić information content (AvgIpc) is 3.68. The van der Waals surface area contributed by atoms with Crippen LogP contribution in [0.3, 0.4) is 0 Å². The quantitative estimate of drug-likeness (QED) is 0.303. The molecule has 8 rings (SSSR count). The second kappa shape index (κ2) is 16.5. The number of carbonyl (C=O) groups excluding carboxylic acids is 5. The number of piperazine rings is 1. The Kier molecular flexibility index (Phi) is 11.1. The summed E-state index contributed by atoms with van der Waals surface area (Å²) in [5.74, 6) is -0.365. The zero-order valence-electron chi connectivity index (χ0n) is 31.5. The highest BCUT2D eigenvalue weighted by atomic mass is 35.5. The van der Waals surface area contributed by atoms with Crippen LogP contribution in [-0.4, -0.2) is 113 Å². The molecule has 0 spiro atoms. The molecule has 1 saturated carbocycles. The van der Waals surface area contributed by atoms with E-state index in [4.69, 9.17) is 21.6 Å². The number of piperidine rings is 1. The normalized spacial score (nSPS) is 24.2. The molecule has 5 amide bonds. The summed E-state index contributed by atoms with van der Waals surface area (Å²) in [5.41, 5.74) is 2.90. The molecule has 3 saturated heterocycles. The van der Waals surface area contributed by atoms with E-state index in [1.165, 1.54) is 0 Å². The lowest BCUT2D eigenvalue weighted by Crippen LogP contribution is -2.58. The maximum Gasteiger partial charge on any atom is 0.261 e. The van der Waals surface area contributed by atoms with Crippen LogP contribution in [0.15, 0.2) is 48.8 Å². The van der Waals surface area contributed by atoms with Crippen molar-refractivity contribution in [2.75, 3.05) is 55.6 Å². The van der Waals surface area contributed by atoms with Crippen LogP contribution < -0.4 is 25.2 Å². The Morgan fingerprint density at radius 3 is 2.42 bits per heavy atom. The van der Waals surface area contributed by atoms with E-state index < -0.39 is 29.7 Å². The van der Waals surface area contributed by atoms with Gasteiger partial charge in [-0.25, -0.2) is 9.97 Å². The molecule has 1 unspecified atom stereocenters. The van der Waals surface area contributed by atoms with E-state index in [0.717, 1.165) is 88.5 Å². The number of aromatic nitrogens is 2. The lowest BCUT2D eigenvalue weighted by Gasteiger charge is -2.38. The standard InChI is InChI=1S/C41H44ClN9O6/c42-34-19-32(5-1-26(34)20-43)57-31-6-2-29(3-7-31)46-38(54)28-21-44-41(45-22-28)50-12-11-25(24-50)23-48-13-15-49(16-14-48)30-4-8-33-27(17-30)18-37(53)51(40(33)56)35-9-10-36(52)47-39(35)55/h1,4-5,8,17,19,21-22,25,29,31,35H,2-3,6-7,9-16,18,23-24H2,(H,46,54)(H,47,52,55)/t25-,29?,31?,35?/m0/s1. The molecule has 4 fully saturated rings. The lowest BCUT2D eigenvalue weighted by atomic mass is 9.92. The van der Waals surface area contributed by atoms with Crippen LogP contribution in [0.5, 0.6) is 5.75 Å². The number of amides is 5. The van der Waals surface area contributed by atoms with Gasteiger partial charge in [-0.2, -0.15) is 5.26 Å². The highest BCUT2D eigenvalue weighted by Gasteiger charge is 2.42. The number of ether oxygens (including phenoxy) is 1. The minimum atomic E-state index is -0.962. The number of nitriles is 1. The molecular weight excluding hydrogens is 750 g/mol. The molecule has 57 heavy (non-hydrogen) atoms. The van der Waals surface area contributed by atoms with Crippen molar-refractivity contribution in [2.24, 2.45) is 5.92 Å². The van der Waals surface area contributed by atoms with Gasteiger partial charge < -0.3 is 19.9 Å². The number of hydrogen-bond donors (Lipinski definition) is 2. The molecule has 1 aromatic heterocycles. The first-order valence-corrected chi connectivity index (χ1v) is 20.0. The summed E-state index contributed by atoms with van der Waals surface area (Å²) in [6.07, 6.45) is 7.68. The van der Waals surface area contributed by atoms with Crippen molar-refractivity contribution < 1.29 is 28.7 Å². The topological polar surface area (TPSA) is 181 Å². The minimum Gasteiger partial charge on any atom is -0.490 e. The van der Waals surface area contributed by atoms with Crippen LogP contribution in [0.4, 0.5) is 11.6 Å². The van der Waals surface area contributed by atoms with Crippen molar-refractivity contribution in [2.45, 2.75) is 69.6 Å². The number of hydrogen-bond acceptors (Lipinski definition) is 12. The van der Waals surface area contributed by atoms with Gasteiger partial charge in [-0.3, -0.25) is 39.1 Å². The molecule has 0 bridgehead atoms. The maximum atomic E-state index is 13.3. The van der Waals surface area contributed by atoms with E-state index in [9.17, 15) is 24.0 Å².